The van der Waals surface area contributed by atoms with Crippen molar-refractivity contribution >= 4 is 35.2 Å². The highest BCUT2D eigenvalue weighted by molar-refractivity contribution is 6.31. The van der Waals surface area contributed by atoms with E-state index in [1.807, 2.05) is 0 Å². The lowest BCUT2D eigenvalue weighted by Gasteiger charge is -2.46. The number of methoxy groups -OCH3 is 1. The molecule has 1 aliphatic heterocycles. The standard InChI is InChI=1S/C42H53NO19/c1-4-60-31(47)17-32(48)61-15-14-58-11-10-56-8-9-57-12-13-59-21-30(46)43-26-16-28(62-22(2)37(26)49)24-18-42(54,29(45)20-44)19-25-33(24)40(52)36-35(39(25)51)38(50)23-6-5-7-27(55-3)34(23)41(36)53/h5-7,22,24,26,28,37,44,49,51-52,54H,4,8-21H2,1-3H3,(H,43,46)/t22-,24+,26-,28-,37+,42+/m0/s1. The molecule has 6 N–H and O–H groups in total. The molecule has 0 unspecified atom stereocenters. The fourth-order valence-corrected chi connectivity index (χ4v) is 7.91. The maximum Gasteiger partial charge on any atom is 0.317 e. The van der Waals surface area contributed by atoms with Crippen LogP contribution in [0.1, 0.15) is 82.0 Å². The normalized spacial score (nSPS) is 22.8. The third-order valence-electron chi connectivity index (χ3n) is 10.8. The Kier molecular flexibility index (Phi) is 16.9. The van der Waals surface area contributed by atoms with Crippen molar-refractivity contribution in [3.05, 3.63) is 51.6 Å². The smallest absolute Gasteiger partial charge is 0.317 e. The number of Topliss-reactive ketones (excluding diaryl/α,β-unsaturated/α-hetero) is 1. The number of phenols is 2. The quantitative estimate of drug-likeness (QED) is 0.0329. The summed E-state index contributed by atoms with van der Waals surface area (Å²) in [7, 11) is 1.31. The molecule has 2 aliphatic carbocycles. The SMILES string of the molecule is CCOC(=O)CC(=O)OCCOCCOCCOCCOCC(=O)N[C@H]1C[C@@H]([C@H]2C[C@](O)(C(=O)CO)Cc3c(O)c4c(c(O)c32)C(=O)c2c(OC)cccc2C4=O)O[C@@H](C)[C@H]1O. The zero-order valence-electron chi connectivity index (χ0n) is 34.7. The van der Waals surface area contributed by atoms with Crippen molar-refractivity contribution < 1.29 is 92.2 Å². The minimum atomic E-state index is -2.31. The Hall–Kier alpha value is -5.06. The van der Waals surface area contributed by atoms with E-state index in [2.05, 4.69) is 10.1 Å². The van der Waals surface area contributed by atoms with E-state index in [9.17, 15) is 54.3 Å². The first-order valence-electron chi connectivity index (χ1n) is 20.2. The van der Waals surface area contributed by atoms with Gasteiger partial charge in [0.15, 0.2) is 11.6 Å². The van der Waals surface area contributed by atoms with E-state index < -0.39 is 126 Å². The van der Waals surface area contributed by atoms with Crippen molar-refractivity contribution in [3.8, 4) is 17.2 Å². The van der Waals surface area contributed by atoms with Gasteiger partial charge in [0, 0.05) is 29.0 Å². The maximum absolute atomic E-state index is 14.0. The molecule has 1 heterocycles. The average molecular weight is 876 g/mol. The van der Waals surface area contributed by atoms with Crippen molar-refractivity contribution in [2.45, 2.75) is 75.4 Å². The largest absolute Gasteiger partial charge is 0.507 e. The molecule has 1 fully saturated rings. The number of aliphatic hydroxyl groups excluding tert-OH is 2. The highest BCUT2D eigenvalue weighted by Gasteiger charge is 2.52. The molecule has 1 amide bonds. The number of carbonyl (C=O) groups excluding carboxylic acids is 6. The highest BCUT2D eigenvalue weighted by atomic mass is 16.6. The van der Waals surface area contributed by atoms with Gasteiger partial charge in [-0.15, -0.1) is 0 Å². The molecular formula is C42H53NO19. The number of ketones is 3. The number of fused-ring (bicyclic) bond motifs is 3. The number of ether oxygens (including phenoxy) is 8. The molecule has 20 nitrogen and oxygen atoms in total. The summed E-state index contributed by atoms with van der Waals surface area (Å²) in [5.41, 5.74) is -3.80. The van der Waals surface area contributed by atoms with Gasteiger partial charge in [0.25, 0.3) is 0 Å². The summed E-state index contributed by atoms with van der Waals surface area (Å²) < 4.78 is 42.6. The number of nitrogens with one attached hydrogen (secondary N) is 1. The molecule has 20 heteroatoms. The predicted octanol–water partition coefficient (Wildman–Crippen LogP) is -0.210. The monoisotopic (exact) mass is 875 g/mol. The van der Waals surface area contributed by atoms with Crippen LogP contribution in [0.25, 0.3) is 0 Å². The lowest BCUT2D eigenvalue weighted by atomic mass is 9.66. The lowest BCUT2D eigenvalue weighted by Crippen LogP contribution is -2.57. The molecule has 3 aliphatic rings. The molecule has 0 bridgehead atoms. The van der Waals surface area contributed by atoms with E-state index in [1.165, 1.54) is 32.2 Å². The van der Waals surface area contributed by atoms with Crippen molar-refractivity contribution in [1.82, 2.24) is 5.32 Å². The first kappa shape index (κ1) is 48.0. The minimum absolute atomic E-state index is 0.0221. The first-order chi connectivity index (χ1) is 29.7. The number of benzene rings is 2. The summed E-state index contributed by atoms with van der Waals surface area (Å²) in [6.45, 7) is 3.08. The molecule has 0 aromatic heterocycles. The lowest BCUT2D eigenvalue weighted by molar-refractivity contribution is -0.156. The molecule has 2 aromatic rings. The molecule has 6 atom stereocenters. The highest BCUT2D eigenvalue weighted by Crippen LogP contribution is 2.53. The summed E-state index contributed by atoms with van der Waals surface area (Å²) in [6, 6.07) is 3.35. The Balaban J connectivity index is 1.14. The van der Waals surface area contributed by atoms with E-state index >= 15 is 0 Å². The number of carbonyl (C=O) groups is 6. The topological polar surface area (TPSA) is 289 Å². The number of rotatable bonds is 22. The fourth-order valence-electron chi connectivity index (χ4n) is 7.91. The number of hydrogen-bond acceptors (Lipinski definition) is 19. The van der Waals surface area contributed by atoms with Gasteiger partial charge in [-0.1, -0.05) is 12.1 Å². The van der Waals surface area contributed by atoms with E-state index in [1.54, 1.807) is 6.92 Å². The van der Waals surface area contributed by atoms with Gasteiger partial charge in [0.2, 0.25) is 11.7 Å². The van der Waals surface area contributed by atoms with Crippen LogP contribution in [0.15, 0.2) is 18.2 Å². The van der Waals surface area contributed by atoms with E-state index in [0.29, 0.717) is 0 Å². The Morgan fingerprint density at radius 3 is 2.10 bits per heavy atom. The van der Waals surface area contributed by atoms with Gasteiger partial charge in [-0.3, -0.25) is 28.8 Å². The van der Waals surface area contributed by atoms with Crippen LogP contribution in [0.4, 0.5) is 0 Å². The van der Waals surface area contributed by atoms with Crippen LogP contribution >= 0.6 is 0 Å². The Morgan fingerprint density at radius 1 is 0.855 bits per heavy atom. The Bertz CT molecular complexity index is 1980. The maximum atomic E-state index is 14.0. The number of aliphatic hydroxyl groups is 3. The predicted molar refractivity (Wildman–Crippen MR) is 210 cm³/mol. The van der Waals surface area contributed by atoms with Crippen LogP contribution in [-0.4, -0.2) is 170 Å². The summed E-state index contributed by atoms with van der Waals surface area (Å²) in [6.07, 6.45) is -4.92. The van der Waals surface area contributed by atoms with Crippen molar-refractivity contribution in [3.63, 3.8) is 0 Å². The van der Waals surface area contributed by atoms with Gasteiger partial charge in [0.05, 0.1) is 94.9 Å². The third-order valence-corrected chi connectivity index (χ3v) is 10.8. The van der Waals surface area contributed by atoms with Gasteiger partial charge in [-0.2, -0.15) is 0 Å². The van der Waals surface area contributed by atoms with Crippen LogP contribution in [-0.2, 0) is 58.8 Å². The van der Waals surface area contributed by atoms with E-state index in [0.717, 1.165) is 0 Å². The van der Waals surface area contributed by atoms with Gasteiger partial charge in [-0.05, 0) is 32.8 Å². The molecule has 0 saturated carbocycles. The third kappa shape index (κ3) is 10.9. The summed E-state index contributed by atoms with van der Waals surface area (Å²) in [4.78, 5) is 76.6. The van der Waals surface area contributed by atoms with Gasteiger partial charge >= 0.3 is 11.9 Å². The van der Waals surface area contributed by atoms with E-state index in [4.69, 9.17) is 33.2 Å². The summed E-state index contributed by atoms with van der Waals surface area (Å²) in [5, 5.41) is 58.8. The average Bonchev–Trinajstić information content (AvgIpc) is 3.24. The van der Waals surface area contributed by atoms with Crippen LogP contribution in [0.3, 0.4) is 0 Å². The van der Waals surface area contributed by atoms with Crippen LogP contribution in [0.5, 0.6) is 17.2 Å². The van der Waals surface area contributed by atoms with Crippen LogP contribution < -0.4 is 10.1 Å². The Morgan fingerprint density at radius 2 is 1.47 bits per heavy atom. The van der Waals surface area contributed by atoms with Gasteiger partial charge in [-0.25, -0.2) is 0 Å². The minimum Gasteiger partial charge on any atom is -0.507 e. The second kappa shape index (κ2) is 21.8. The second-order valence-corrected chi connectivity index (χ2v) is 14.9. The van der Waals surface area contributed by atoms with Gasteiger partial charge in [0.1, 0.15) is 55.2 Å². The fraction of sp³-hybridized carbons (Fsp3) is 0.571. The summed E-state index contributed by atoms with van der Waals surface area (Å²) in [5.74, 6) is -7.08. The number of amides is 1. The summed E-state index contributed by atoms with van der Waals surface area (Å²) >= 11 is 0. The molecule has 1 saturated heterocycles. The van der Waals surface area contributed by atoms with Crippen LogP contribution in [0, 0.1) is 0 Å². The molecule has 62 heavy (non-hydrogen) atoms. The molecule has 340 valence electrons. The molecule has 5 rings (SSSR count). The molecule has 0 radical (unpaired) electrons. The zero-order valence-corrected chi connectivity index (χ0v) is 34.7. The first-order valence-corrected chi connectivity index (χ1v) is 20.2. The number of hydrogen-bond donors (Lipinski definition) is 6. The number of esters is 2. The van der Waals surface area contributed by atoms with Gasteiger partial charge < -0.3 is 68.7 Å². The number of aromatic hydroxyl groups is 2. The zero-order chi connectivity index (χ0) is 45.1. The van der Waals surface area contributed by atoms with E-state index in [-0.39, 0.29) is 93.9 Å². The second-order valence-electron chi connectivity index (χ2n) is 14.9. The van der Waals surface area contributed by atoms with Crippen molar-refractivity contribution in [1.29, 1.82) is 0 Å². The van der Waals surface area contributed by atoms with Crippen molar-refractivity contribution in [2.75, 3.05) is 79.8 Å². The molecular weight excluding hydrogens is 822 g/mol. The molecule has 0 spiro atoms. The number of phenolic OH excluding ortho intramolecular Hbond substituents is 2. The van der Waals surface area contributed by atoms with Crippen LogP contribution in [0.2, 0.25) is 0 Å². The van der Waals surface area contributed by atoms with Crippen molar-refractivity contribution in [2.24, 2.45) is 0 Å². The molecule has 2 aromatic carbocycles. The Labute approximate surface area is 356 Å².